The number of ether oxygens (including phenoxy) is 5. The Balaban J connectivity index is 0.000000143. The highest BCUT2D eigenvalue weighted by Gasteiger charge is 2.83. The van der Waals surface area contributed by atoms with E-state index in [-0.39, 0.29) is 98.7 Å². The van der Waals surface area contributed by atoms with Gasteiger partial charge in [0.15, 0.2) is 11.6 Å². The van der Waals surface area contributed by atoms with E-state index >= 15 is 0 Å². The van der Waals surface area contributed by atoms with Crippen LogP contribution in [0.4, 0.5) is 0 Å². The molecule has 0 N–H and O–H groups in total. The van der Waals surface area contributed by atoms with Gasteiger partial charge in [0, 0.05) is 53.3 Å². The topological polar surface area (TPSA) is 152 Å². The molecule has 0 bridgehead atoms. The van der Waals surface area contributed by atoms with Crippen molar-refractivity contribution < 1.29 is 52.5 Å². The maximum atomic E-state index is 13.0. The van der Waals surface area contributed by atoms with Gasteiger partial charge < -0.3 is 23.7 Å². The summed E-state index contributed by atoms with van der Waals surface area (Å²) in [5.41, 5.74) is 1.55. The summed E-state index contributed by atoms with van der Waals surface area (Å²) >= 11 is 0. The van der Waals surface area contributed by atoms with Crippen LogP contribution < -0.4 is 0 Å². The van der Waals surface area contributed by atoms with Crippen LogP contribution in [0.2, 0.25) is 0 Å². The zero-order valence-corrected chi connectivity index (χ0v) is 35.6. The molecular formula is C48H60O11. The molecule has 14 atom stereocenters. The van der Waals surface area contributed by atoms with Crippen LogP contribution in [0.5, 0.6) is 0 Å². The van der Waals surface area contributed by atoms with Crippen molar-refractivity contribution in [3.63, 3.8) is 0 Å². The summed E-state index contributed by atoms with van der Waals surface area (Å²) in [6.45, 7) is 9.03. The zero-order chi connectivity index (χ0) is 41.7. The zero-order valence-electron chi connectivity index (χ0n) is 35.6. The summed E-state index contributed by atoms with van der Waals surface area (Å²) in [6.07, 6.45) is 17.7. The first-order valence-electron chi connectivity index (χ1n) is 22.4. The van der Waals surface area contributed by atoms with Crippen LogP contribution in [0, 0.1) is 57.2 Å². The SMILES string of the molecule is COC(=O)[C@@H]1CC2=CC(=O)CCC2(C)C2=CCC3(C)C(CC[C@@]34CCC(=O)O4)C21.COC(=O)[C@@H]1CC2=CC(=O)CCC2(C)[C@@]23O[C@@H]2CC2(C)C(CC[C@@]24CCC(=O)O4)C13. The van der Waals surface area contributed by atoms with Gasteiger partial charge in [0.05, 0.1) is 32.2 Å². The highest BCUT2D eigenvalue weighted by atomic mass is 16.6. The number of hydrogen-bond acceptors (Lipinski definition) is 11. The van der Waals surface area contributed by atoms with Gasteiger partial charge in [0.2, 0.25) is 0 Å². The van der Waals surface area contributed by atoms with E-state index < -0.39 is 16.8 Å². The summed E-state index contributed by atoms with van der Waals surface area (Å²) < 4.78 is 29.1. The number of methoxy groups -OCH3 is 2. The molecule has 11 heteroatoms. The molecule has 8 unspecified atom stereocenters. The number of rotatable bonds is 2. The van der Waals surface area contributed by atoms with Crippen LogP contribution in [0.1, 0.15) is 130 Å². The molecule has 11 aliphatic rings. The van der Waals surface area contributed by atoms with E-state index in [0.717, 1.165) is 75.4 Å². The molecule has 11 nitrogen and oxygen atoms in total. The second-order valence-corrected chi connectivity index (χ2v) is 21.2. The van der Waals surface area contributed by atoms with Crippen molar-refractivity contribution in [2.75, 3.05) is 14.2 Å². The lowest BCUT2D eigenvalue weighted by Gasteiger charge is -2.58. The van der Waals surface area contributed by atoms with E-state index in [2.05, 4.69) is 33.8 Å². The molecule has 5 saturated carbocycles. The number of carbonyl (C=O) groups excluding carboxylic acids is 6. The summed E-state index contributed by atoms with van der Waals surface area (Å²) in [5, 5.41) is 0. The second-order valence-electron chi connectivity index (χ2n) is 21.2. The minimum atomic E-state index is -0.424. The summed E-state index contributed by atoms with van der Waals surface area (Å²) in [5.74, 6) is -0.197. The Morgan fingerprint density at radius 2 is 1.25 bits per heavy atom. The quantitative estimate of drug-likeness (QED) is 0.122. The van der Waals surface area contributed by atoms with Crippen molar-refractivity contribution in [3.8, 4) is 0 Å². The van der Waals surface area contributed by atoms with E-state index in [1.54, 1.807) is 12.2 Å². The van der Waals surface area contributed by atoms with Gasteiger partial charge in [-0.3, -0.25) is 28.8 Å². The normalized spacial score (nSPS) is 49.5. The third-order valence-electron chi connectivity index (χ3n) is 19.4. The molecule has 59 heavy (non-hydrogen) atoms. The van der Waals surface area contributed by atoms with Crippen LogP contribution in [0.25, 0.3) is 0 Å². The third-order valence-corrected chi connectivity index (χ3v) is 19.4. The first-order valence-corrected chi connectivity index (χ1v) is 22.4. The molecule has 0 aromatic rings. The maximum Gasteiger partial charge on any atom is 0.309 e. The number of hydrogen-bond donors (Lipinski definition) is 0. The van der Waals surface area contributed by atoms with Crippen molar-refractivity contribution in [2.24, 2.45) is 57.2 Å². The van der Waals surface area contributed by atoms with Crippen molar-refractivity contribution in [1.29, 1.82) is 0 Å². The van der Waals surface area contributed by atoms with Crippen molar-refractivity contribution in [3.05, 3.63) is 34.9 Å². The predicted molar refractivity (Wildman–Crippen MR) is 211 cm³/mol. The molecule has 3 heterocycles. The van der Waals surface area contributed by atoms with Gasteiger partial charge >= 0.3 is 23.9 Å². The van der Waals surface area contributed by atoms with Gasteiger partial charge in [-0.1, -0.05) is 50.5 Å². The van der Waals surface area contributed by atoms with Crippen LogP contribution in [-0.4, -0.2) is 72.6 Å². The minimum Gasteiger partial charge on any atom is -0.469 e. The lowest BCUT2D eigenvalue weighted by Crippen LogP contribution is -2.63. The van der Waals surface area contributed by atoms with E-state index in [4.69, 9.17) is 23.7 Å². The minimum absolute atomic E-state index is 0.0303. The van der Waals surface area contributed by atoms with Crippen LogP contribution >= 0.6 is 0 Å². The number of ketones is 2. The second kappa shape index (κ2) is 12.7. The van der Waals surface area contributed by atoms with Gasteiger partial charge in [-0.15, -0.1) is 0 Å². The monoisotopic (exact) mass is 812 g/mol. The first kappa shape index (κ1) is 39.5. The van der Waals surface area contributed by atoms with E-state index in [1.165, 1.54) is 19.8 Å². The molecule has 3 saturated heterocycles. The average molecular weight is 813 g/mol. The molecule has 0 radical (unpaired) electrons. The van der Waals surface area contributed by atoms with Gasteiger partial charge in [-0.25, -0.2) is 0 Å². The average Bonchev–Trinajstić information content (AvgIpc) is 3.43. The van der Waals surface area contributed by atoms with Gasteiger partial charge in [0.25, 0.3) is 0 Å². The Bertz CT molecular complexity index is 2060. The Hall–Kier alpha value is -3.60. The van der Waals surface area contributed by atoms with Gasteiger partial charge in [0.1, 0.15) is 16.8 Å². The fraction of sp³-hybridized carbons (Fsp3) is 0.750. The Morgan fingerprint density at radius 3 is 1.88 bits per heavy atom. The molecule has 0 aromatic heterocycles. The molecule has 11 rings (SSSR count). The fourth-order valence-electron chi connectivity index (χ4n) is 16.2. The van der Waals surface area contributed by atoms with Crippen molar-refractivity contribution >= 4 is 35.4 Å². The van der Waals surface area contributed by atoms with E-state index in [1.807, 2.05) is 0 Å². The first-order chi connectivity index (χ1) is 27.9. The standard InChI is InChI=1S/C24H30O6.C24H30O5/c1-21-7-4-14(25)10-13(21)11-15(20(27)28-3)19-16-5-8-23(9-6-18(26)30-23)22(16,2)12-17-24(19,21)29-17;1-22-8-4-15(25)12-14(22)13-16(21(27)28-3)20-17(22)5-9-23(2)18(20)6-10-24(23)11-7-19(26)29-24/h10,15-17,19H,4-9,11-12H2,1-3H3;5,12,16,18,20H,4,6-11,13H2,1-3H3/t15-,16?,17-,19?,21?,22?,23-,24-;16-,18?,20?,22?,23?,24-/m11/s1. The summed E-state index contributed by atoms with van der Waals surface area (Å²) in [6, 6.07) is 0. The van der Waals surface area contributed by atoms with Crippen molar-refractivity contribution in [2.45, 2.75) is 153 Å². The Labute approximate surface area is 346 Å². The molecule has 8 fully saturated rings. The molecule has 8 aliphatic carbocycles. The van der Waals surface area contributed by atoms with E-state index in [0.29, 0.717) is 38.5 Å². The third kappa shape index (κ3) is 4.97. The molecular weight excluding hydrogens is 753 g/mol. The van der Waals surface area contributed by atoms with Gasteiger partial charge in [-0.2, -0.15) is 0 Å². The number of allylic oxidation sites excluding steroid dienone is 4. The highest BCUT2D eigenvalue weighted by Crippen LogP contribution is 2.78. The lowest BCUT2D eigenvalue weighted by atomic mass is 9.43. The van der Waals surface area contributed by atoms with Crippen molar-refractivity contribution in [1.82, 2.24) is 0 Å². The molecule has 0 aromatic carbocycles. The Kier molecular flexibility index (Phi) is 8.53. The number of epoxide rings is 1. The molecule has 318 valence electrons. The molecule has 3 spiro atoms. The van der Waals surface area contributed by atoms with E-state index in [9.17, 15) is 28.8 Å². The summed E-state index contributed by atoms with van der Waals surface area (Å²) in [4.78, 5) is 74.5. The highest BCUT2D eigenvalue weighted by molar-refractivity contribution is 5.93. The molecule has 3 aliphatic heterocycles. The fourth-order valence-corrected chi connectivity index (χ4v) is 16.2. The maximum absolute atomic E-state index is 13.0. The number of esters is 4. The van der Waals surface area contributed by atoms with Crippen LogP contribution in [0.15, 0.2) is 34.9 Å². The smallest absolute Gasteiger partial charge is 0.309 e. The number of fused-ring (bicyclic) bond motifs is 10. The van der Waals surface area contributed by atoms with Crippen LogP contribution in [0.3, 0.4) is 0 Å². The summed E-state index contributed by atoms with van der Waals surface area (Å²) in [7, 11) is 2.90. The molecule has 0 amide bonds. The largest absolute Gasteiger partial charge is 0.469 e. The number of carbonyl (C=O) groups is 6. The van der Waals surface area contributed by atoms with Crippen LogP contribution in [-0.2, 0) is 52.5 Å². The lowest BCUT2D eigenvalue weighted by molar-refractivity contribution is -0.172. The van der Waals surface area contributed by atoms with Gasteiger partial charge in [-0.05, 0) is 107 Å². The Morgan fingerprint density at radius 1 is 0.678 bits per heavy atom. The predicted octanol–water partition coefficient (Wildman–Crippen LogP) is 7.04.